The van der Waals surface area contributed by atoms with Gasteiger partial charge in [0.15, 0.2) is 0 Å². The summed E-state index contributed by atoms with van der Waals surface area (Å²) in [5.41, 5.74) is 0. The van der Waals surface area contributed by atoms with Gasteiger partial charge in [-0.1, -0.05) is 13.8 Å². The standard InChI is InChI=1S/C14H25NO/c1-8(2)11(7-16-3)15-14-12-9-4-5-10(6-9)13(12)14/h8-15H,4-7H2,1-3H3. The molecule has 0 heterocycles. The maximum atomic E-state index is 5.32. The zero-order chi connectivity index (χ0) is 11.3. The Morgan fingerprint density at radius 2 is 1.81 bits per heavy atom. The summed E-state index contributed by atoms with van der Waals surface area (Å²) in [5.74, 6) is 4.90. The first-order chi connectivity index (χ1) is 7.72. The lowest BCUT2D eigenvalue weighted by Gasteiger charge is -2.23. The number of methoxy groups -OCH3 is 1. The van der Waals surface area contributed by atoms with Crippen LogP contribution in [0.2, 0.25) is 0 Å². The van der Waals surface area contributed by atoms with E-state index >= 15 is 0 Å². The Morgan fingerprint density at radius 1 is 1.19 bits per heavy atom. The lowest BCUT2D eigenvalue weighted by Crippen LogP contribution is -2.41. The molecule has 5 atom stereocenters. The van der Waals surface area contributed by atoms with E-state index in [9.17, 15) is 0 Å². The monoisotopic (exact) mass is 223 g/mol. The van der Waals surface area contributed by atoms with Crippen molar-refractivity contribution in [1.82, 2.24) is 5.32 Å². The second kappa shape index (κ2) is 3.99. The number of rotatable bonds is 5. The maximum absolute atomic E-state index is 5.32. The summed E-state index contributed by atoms with van der Waals surface area (Å²) >= 11 is 0. The molecule has 0 aromatic rings. The van der Waals surface area contributed by atoms with Gasteiger partial charge in [-0.3, -0.25) is 0 Å². The summed E-state index contributed by atoms with van der Waals surface area (Å²) in [7, 11) is 1.81. The number of ether oxygens (including phenoxy) is 1. The summed E-state index contributed by atoms with van der Waals surface area (Å²) in [4.78, 5) is 0. The van der Waals surface area contributed by atoms with Crippen molar-refractivity contribution in [1.29, 1.82) is 0 Å². The average molecular weight is 223 g/mol. The first kappa shape index (κ1) is 11.0. The summed E-state index contributed by atoms with van der Waals surface area (Å²) < 4.78 is 5.32. The Bertz CT molecular complexity index is 249. The van der Waals surface area contributed by atoms with Crippen molar-refractivity contribution in [3.63, 3.8) is 0 Å². The van der Waals surface area contributed by atoms with Gasteiger partial charge >= 0.3 is 0 Å². The smallest absolute Gasteiger partial charge is 0.0618 e. The van der Waals surface area contributed by atoms with Crippen molar-refractivity contribution in [3.05, 3.63) is 0 Å². The van der Waals surface area contributed by atoms with E-state index in [4.69, 9.17) is 4.74 Å². The first-order valence-electron chi connectivity index (χ1n) is 6.97. The summed E-state index contributed by atoms with van der Waals surface area (Å²) in [6.07, 6.45) is 4.57. The molecular formula is C14H25NO. The topological polar surface area (TPSA) is 21.3 Å². The molecule has 2 heteroatoms. The minimum Gasteiger partial charge on any atom is -0.383 e. The van der Waals surface area contributed by atoms with Crippen LogP contribution < -0.4 is 5.32 Å². The van der Waals surface area contributed by atoms with Crippen LogP contribution in [-0.4, -0.2) is 25.8 Å². The predicted molar refractivity (Wildman–Crippen MR) is 65.2 cm³/mol. The van der Waals surface area contributed by atoms with Crippen LogP contribution in [0.1, 0.15) is 33.1 Å². The van der Waals surface area contributed by atoms with Crippen LogP contribution in [0.4, 0.5) is 0 Å². The van der Waals surface area contributed by atoms with E-state index in [0.717, 1.165) is 36.3 Å². The van der Waals surface area contributed by atoms with Crippen LogP contribution >= 0.6 is 0 Å². The molecular weight excluding hydrogens is 198 g/mol. The van der Waals surface area contributed by atoms with Crippen molar-refractivity contribution >= 4 is 0 Å². The third-order valence-corrected chi connectivity index (χ3v) is 5.29. The highest BCUT2D eigenvalue weighted by molar-refractivity contribution is 5.17. The Labute approximate surface area is 99.1 Å². The summed E-state index contributed by atoms with van der Waals surface area (Å²) in [5, 5.41) is 3.87. The molecule has 0 amide bonds. The molecule has 0 spiro atoms. The van der Waals surface area contributed by atoms with E-state index in [1.807, 2.05) is 7.11 Å². The molecule has 1 N–H and O–H groups in total. The van der Waals surface area contributed by atoms with E-state index in [2.05, 4.69) is 19.2 Å². The van der Waals surface area contributed by atoms with Crippen LogP contribution in [0.3, 0.4) is 0 Å². The Morgan fingerprint density at radius 3 is 2.31 bits per heavy atom. The van der Waals surface area contributed by atoms with E-state index < -0.39 is 0 Å². The quantitative estimate of drug-likeness (QED) is 0.772. The van der Waals surface area contributed by atoms with Crippen LogP contribution in [0, 0.1) is 29.6 Å². The molecule has 3 fully saturated rings. The van der Waals surface area contributed by atoms with Gasteiger partial charge in [-0.2, -0.15) is 0 Å². The fraction of sp³-hybridized carbons (Fsp3) is 1.00. The number of fused-ring (bicyclic) bond motifs is 5. The van der Waals surface area contributed by atoms with Gasteiger partial charge in [0.1, 0.15) is 0 Å². The van der Waals surface area contributed by atoms with E-state index in [-0.39, 0.29) is 0 Å². The zero-order valence-electron chi connectivity index (χ0n) is 10.8. The molecule has 0 aromatic carbocycles. The SMILES string of the molecule is COCC(NC1C2C3CCC(C3)C12)C(C)C. The highest BCUT2D eigenvalue weighted by Gasteiger charge is 2.65. The van der Waals surface area contributed by atoms with Gasteiger partial charge in [0.05, 0.1) is 6.61 Å². The molecule has 92 valence electrons. The predicted octanol–water partition coefficient (Wildman–Crippen LogP) is 2.29. The van der Waals surface area contributed by atoms with Gasteiger partial charge in [0.2, 0.25) is 0 Å². The molecule has 3 saturated carbocycles. The third-order valence-electron chi connectivity index (χ3n) is 5.29. The maximum Gasteiger partial charge on any atom is 0.0618 e. The van der Waals surface area contributed by atoms with Crippen molar-refractivity contribution in [3.8, 4) is 0 Å². The molecule has 2 bridgehead atoms. The van der Waals surface area contributed by atoms with E-state index in [0.29, 0.717) is 12.0 Å². The van der Waals surface area contributed by atoms with Crippen molar-refractivity contribution < 1.29 is 4.74 Å². The second-order valence-electron chi connectivity index (χ2n) is 6.49. The number of hydrogen-bond acceptors (Lipinski definition) is 2. The largest absolute Gasteiger partial charge is 0.383 e. The highest BCUT2D eigenvalue weighted by atomic mass is 16.5. The van der Waals surface area contributed by atoms with Gasteiger partial charge in [-0.05, 0) is 48.9 Å². The molecule has 2 nitrogen and oxygen atoms in total. The van der Waals surface area contributed by atoms with Gasteiger partial charge in [-0.25, -0.2) is 0 Å². The second-order valence-corrected chi connectivity index (χ2v) is 6.49. The fourth-order valence-corrected chi connectivity index (χ4v) is 4.41. The molecule has 3 aliphatic rings. The van der Waals surface area contributed by atoms with Crippen molar-refractivity contribution in [2.75, 3.05) is 13.7 Å². The molecule has 3 rings (SSSR count). The molecule has 0 saturated heterocycles. The number of hydrogen-bond donors (Lipinski definition) is 1. The van der Waals surface area contributed by atoms with Gasteiger partial charge in [0.25, 0.3) is 0 Å². The van der Waals surface area contributed by atoms with E-state index in [1.165, 1.54) is 12.8 Å². The van der Waals surface area contributed by atoms with Gasteiger partial charge < -0.3 is 10.1 Å². The zero-order valence-corrected chi connectivity index (χ0v) is 10.8. The van der Waals surface area contributed by atoms with Crippen LogP contribution in [0.15, 0.2) is 0 Å². The van der Waals surface area contributed by atoms with Gasteiger partial charge in [-0.15, -0.1) is 0 Å². The minimum atomic E-state index is 0.556. The molecule has 0 radical (unpaired) electrons. The van der Waals surface area contributed by atoms with E-state index in [1.54, 1.807) is 6.42 Å². The number of nitrogens with one attached hydrogen (secondary N) is 1. The summed E-state index contributed by atoms with van der Waals surface area (Å²) in [6.45, 7) is 5.45. The average Bonchev–Trinajstić information content (AvgIpc) is 2.67. The Hall–Kier alpha value is -0.0800. The normalized spacial score (nSPS) is 46.1. The third kappa shape index (κ3) is 1.62. The van der Waals surface area contributed by atoms with Gasteiger partial charge in [0, 0.05) is 19.2 Å². The lowest BCUT2D eigenvalue weighted by molar-refractivity contribution is 0.143. The molecule has 16 heavy (non-hydrogen) atoms. The molecule has 0 aliphatic heterocycles. The minimum absolute atomic E-state index is 0.556. The lowest BCUT2D eigenvalue weighted by atomic mass is 10.0. The van der Waals surface area contributed by atoms with Crippen LogP contribution in [0.25, 0.3) is 0 Å². The Kier molecular flexibility index (Phi) is 2.75. The van der Waals surface area contributed by atoms with Crippen molar-refractivity contribution in [2.24, 2.45) is 29.6 Å². The highest BCUT2D eigenvalue weighted by Crippen LogP contribution is 2.65. The fourth-order valence-electron chi connectivity index (χ4n) is 4.41. The van der Waals surface area contributed by atoms with Crippen molar-refractivity contribution in [2.45, 2.75) is 45.2 Å². The van der Waals surface area contributed by atoms with Crippen LogP contribution in [0.5, 0.6) is 0 Å². The molecule has 5 unspecified atom stereocenters. The first-order valence-corrected chi connectivity index (χ1v) is 6.97. The molecule has 3 aliphatic carbocycles. The van der Waals surface area contributed by atoms with Crippen LogP contribution in [-0.2, 0) is 4.74 Å². The molecule has 0 aromatic heterocycles. The Balaban J connectivity index is 1.56. The summed E-state index contributed by atoms with van der Waals surface area (Å²) in [6, 6.07) is 1.40.